The third-order valence-corrected chi connectivity index (χ3v) is 4.47. The van der Waals surface area contributed by atoms with E-state index in [9.17, 15) is 9.90 Å². The third kappa shape index (κ3) is 4.96. The van der Waals surface area contributed by atoms with E-state index in [1.165, 1.54) is 11.1 Å². The Kier molecular flexibility index (Phi) is 5.35. The summed E-state index contributed by atoms with van der Waals surface area (Å²) in [6.07, 6.45) is 2.21. The molecular formula is C19H29NO3. The zero-order valence-electron chi connectivity index (χ0n) is 14.8. The van der Waals surface area contributed by atoms with Gasteiger partial charge in [-0.3, -0.25) is 0 Å². The predicted octanol–water partition coefficient (Wildman–Crippen LogP) is 3.55. The molecule has 1 aromatic carbocycles. The number of likely N-dealkylation sites (tertiary alicyclic amines) is 1. The highest BCUT2D eigenvalue weighted by atomic mass is 16.6. The Hall–Kier alpha value is -1.55. The molecule has 1 fully saturated rings. The van der Waals surface area contributed by atoms with E-state index < -0.39 is 5.60 Å². The van der Waals surface area contributed by atoms with Crippen LogP contribution in [0.2, 0.25) is 0 Å². The maximum absolute atomic E-state index is 12.2. The van der Waals surface area contributed by atoms with Crippen molar-refractivity contribution in [3.63, 3.8) is 0 Å². The molecule has 128 valence electrons. The van der Waals surface area contributed by atoms with Gasteiger partial charge in [0.25, 0.3) is 0 Å². The van der Waals surface area contributed by atoms with Crippen LogP contribution in [0.3, 0.4) is 0 Å². The zero-order chi connectivity index (χ0) is 17.1. The van der Waals surface area contributed by atoms with Gasteiger partial charge in [-0.15, -0.1) is 0 Å². The highest BCUT2D eigenvalue weighted by molar-refractivity contribution is 5.68. The molecule has 4 nitrogen and oxygen atoms in total. The minimum atomic E-state index is -0.468. The summed E-state index contributed by atoms with van der Waals surface area (Å²) in [5.41, 5.74) is 1.89. The maximum Gasteiger partial charge on any atom is 0.410 e. The minimum absolute atomic E-state index is 0.133. The molecule has 1 N–H and O–H groups in total. The van der Waals surface area contributed by atoms with E-state index in [0.717, 1.165) is 19.3 Å². The van der Waals surface area contributed by atoms with E-state index in [1.807, 2.05) is 20.8 Å². The summed E-state index contributed by atoms with van der Waals surface area (Å²) in [5.74, 6) is 0. The molecule has 0 aromatic heterocycles. The van der Waals surface area contributed by atoms with Crippen LogP contribution in [-0.4, -0.2) is 41.4 Å². The number of hydrogen-bond acceptors (Lipinski definition) is 3. The van der Waals surface area contributed by atoms with E-state index in [1.54, 1.807) is 4.90 Å². The van der Waals surface area contributed by atoms with Gasteiger partial charge in [0, 0.05) is 25.1 Å². The summed E-state index contributed by atoms with van der Waals surface area (Å²) in [5, 5.41) is 9.95. The van der Waals surface area contributed by atoms with Crippen LogP contribution in [0.4, 0.5) is 4.79 Å². The van der Waals surface area contributed by atoms with Gasteiger partial charge in [-0.05, 0) is 52.5 Å². The Morgan fingerprint density at radius 2 is 1.96 bits per heavy atom. The first-order valence-corrected chi connectivity index (χ1v) is 8.37. The topological polar surface area (TPSA) is 49.8 Å². The van der Waals surface area contributed by atoms with Gasteiger partial charge in [0.15, 0.2) is 0 Å². The van der Waals surface area contributed by atoms with E-state index in [0.29, 0.717) is 13.1 Å². The molecule has 1 aliphatic heterocycles. The van der Waals surface area contributed by atoms with Crippen LogP contribution in [0.1, 0.15) is 44.7 Å². The molecule has 1 aliphatic rings. The molecule has 1 heterocycles. The number of benzene rings is 1. The average Bonchev–Trinajstić information content (AvgIpc) is 2.46. The second-order valence-electron chi connectivity index (χ2n) is 7.79. The second kappa shape index (κ2) is 6.91. The summed E-state index contributed by atoms with van der Waals surface area (Å²) >= 11 is 0. The summed E-state index contributed by atoms with van der Waals surface area (Å²) in [6, 6.07) is 8.44. The number of carbonyl (C=O) groups excluding carboxylic acids is 1. The van der Waals surface area contributed by atoms with Gasteiger partial charge in [0.1, 0.15) is 5.60 Å². The Bertz CT molecular complexity index is 540. The molecule has 1 aromatic rings. The standard InChI is InChI=1S/C19H29NO3/c1-15-6-5-7-16(12-15)13-19(14-21)8-10-20(11-9-19)17(22)23-18(2,3)4/h5-7,12,21H,8-11,13-14H2,1-4H3. The van der Waals surface area contributed by atoms with Gasteiger partial charge in [-0.1, -0.05) is 29.8 Å². The van der Waals surface area contributed by atoms with Gasteiger partial charge in [-0.2, -0.15) is 0 Å². The van der Waals surface area contributed by atoms with Crippen molar-refractivity contribution in [3.8, 4) is 0 Å². The highest BCUT2D eigenvalue weighted by Gasteiger charge is 2.36. The number of aliphatic hydroxyl groups excluding tert-OH is 1. The fourth-order valence-corrected chi connectivity index (χ4v) is 3.14. The largest absolute Gasteiger partial charge is 0.444 e. The van der Waals surface area contributed by atoms with E-state index in [2.05, 4.69) is 31.2 Å². The molecule has 2 rings (SSSR count). The van der Waals surface area contributed by atoms with Gasteiger partial charge in [0.05, 0.1) is 0 Å². The van der Waals surface area contributed by atoms with Gasteiger partial charge < -0.3 is 14.7 Å². The summed E-state index contributed by atoms with van der Waals surface area (Å²) in [7, 11) is 0. The summed E-state index contributed by atoms with van der Waals surface area (Å²) < 4.78 is 5.44. The molecule has 1 saturated heterocycles. The predicted molar refractivity (Wildman–Crippen MR) is 91.4 cm³/mol. The number of carbonyl (C=O) groups is 1. The second-order valence-corrected chi connectivity index (χ2v) is 7.79. The first-order valence-electron chi connectivity index (χ1n) is 8.37. The molecule has 0 bridgehead atoms. The summed E-state index contributed by atoms with van der Waals surface area (Å²) in [6.45, 7) is 9.16. The number of aryl methyl sites for hydroxylation is 1. The molecule has 1 amide bonds. The Morgan fingerprint density at radius 3 is 2.48 bits per heavy atom. The lowest BCUT2D eigenvalue weighted by atomic mass is 9.74. The lowest BCUT2D eigenvalue weighted by Gasteiger charge is -2.41. The van der Waals surface area contributed by atoms with Crippen molar-refractivity contribution in [2.45, 2.75) is 52.6 Å². The van der Waals surface area contributed by atoms with Crippen LogP contribution in [0.15, 0.2) is 24.3 Å². The molecular weight excluding hydrogens is 290 g/mol. The van der Waals surface area contributed by atoms with Crippen molar-refractivity contribution in [2.75, 3.05) is 19.7 Å². The number of hydrogen-bond donors (Lipinski definition) is 1. The van der Waals surface area contributed by atoms with Crippen molar-refractivity contribution in [3.05, 3.63) is 35.4 Å². The Balaban J connectivity index is 1.98. The molecule has 0 spiro atoms. The maximum atomic E-state index is 12.2. The normalized spacial score (nSPS) is 17.9. The first kappa shape index (κ1) is 17.8. The molecule has 0 saturated carbocycles. The van der Waals surface area contributed by atoms with Gasteiger partial charge in [0.2, 0.25) is 0 Å². The van der Waals surface area contributed by atoms with E-state index in [4.69, 9.17) is 4.74 Å². The number of piperidine rings is 1. The van der Waals surface area contributed by atoms with E-state index in [-0.39, 0.29) is 18.1 Å². The lowest BCUT2D eigenvalue weighted by molar-refractivity contribution is -0.000182. The van der Waals surface area contributed by atoms with Crippen LogP contribution in [-0.2, 0) is 11.2 Å². The molecule has 23 heavy (non-hydrogen) atoms. The van der Waals surface area contributed by atoms with Crippen molar-refractivity contribution in [1.82, 2.24) is 4.90 Å². The molecule has 0 aliphatic carbocycles. The first-order chi connectivity index (χ1) is 10.7. The number of amides is 1. The highest BCUT2D eigenvalue weighted by Crippen LogP contribution is 2.35. The fraction of sp³-hybridized carbons (Fsp3) is 0.632. The monoisotopic (exact) mass is 319 g/mol. The molecule has 4 heteroatoms. The quantitative estimate of drug-likeness (QED) is 0.927. The molecule has 0 radical (unpaired) electrons. The van der Waals surface area contributed by atoms with Gasteiger partial charge in [-0.25, -0.2) is 4.79 Å². The van der Waals surface area contributed by atoms with Crippen LogP contribution >= 0.6 is 0 Å². The van der Waals surface area contributed by atoms with E-state index >= 15 is 0 Å². The van der Waals surface area contributed by atoms with Crippen molar-refractivity contribution >= 4 is 6.09 Å². The smallest absolute Gasteiger partial charge is 0.410 e. The zero-order valence-corrected chi connectivity index (χ0v) is 14.8. The van der Waals surface area contributed by atoms with Crippen LogP contribution in [0, 0.1) is 12.3 Å². The van der Waals surface area contributed by atoms with Crippen LogP contribution in [0.5, 0.6) is 0 Å². The van der Waals surface area contributed by atoms with Crippen LogP contribution < -0.4 is 0 Å². The van der Waals surface area contributed by atoms with Gasteiger partial charge >= 0.3 is 6.09 Å². The Labute approximate surface area is 139 Å². The fourth-order valence-electron chi connectivity index (χ4n) is 3.14. The van der Waals surface area contributed by atoms with Crippen LogP contribution in [0.25, 0.3) is 0 Å². The SMILES string of the molecule is Cc1cccc(CC2(CO)CCN(C(=O)OC(C)(C)C)CC2)c1. The Morgan fingerprint density at radius 1 is 1.30 bits per heavy atom. The summed E-state index contributed by atoms with van der Waals surface area (Å²) in [4.78, 5) is 13.9. The number of ether oxygens (including phenoxy) is 1. The minimum Gasteiger partial charge on any atom is -0.444 e. The number of rotatable bonds is 3. The average molecular weight is 319 g/mol. The molecule has 0 unspecified atom stereocenters. The van der Waals surface area contributed by atoms with Crippen molar-refractivity contribution in [2.24, 2.45) is 5.41 Å². The molecule has 0 atom stereocenters. The number of aliphatic hydroxyl groups is 1. The lowest BCUT2D eigenvalue weighted by Crippen LogP contribution is -2.47. The third-order valence-electron chi connectivity index (χ3n) is 4.47. The number of nitrogens with zero attached hydrogens (tertiary/aromatic N) is 1. The van der Waals surface area contributed by atoms with Crippen molar-refractivity contribution < 1.29 is 14.6 Å². The van der Waals surface area contributed by atoms with Crippen molar-refractivity contribution in [1.29, 1.82) is 0 Å².